The van der Waals surface area contributed by atoms with Crippen LogP contribution >= 0.6 is 0 Å². The van der Waals surface area contributed by atoms with E-state index in [1.165, 1.54) is 24.3 Å². The molecule has 0 rings (SSSR count). The average Bonchev–Trinajstić information content (AvgIpc) is 2.69. The SMILES string of the molecule is [2H]C(/C=C/[C@@H](O)C/C=C\CC)=C(\[2H])C/C([2H])=C([2H])\C=C\[C@@H](O)C/C=C\CCC(=O)O. The van der Waals surface area contributed by atoms with E-state index in [0.717, 1.165) is 6.42 Å². The summed E-state index contributed by atoms with van der Waals surface area (Å²) in [4.78, 5) is 10.4. The largest absolute Gasteiger partial charge is 0.481 e. The van der Waals surface area contributed by atoms with Crippen molar-refractivity contribution in [3.8, 4) is 0 Å². The minimum absolute atomic E-state index is 0.0231. The first kappa shape index (κ1) is 17.3. The Morgan fingerprint density at radius 2 is 1.50 bits per heavy atom. The lowest BCUT2D eigenvalue weighted by molar-refractivity contribution is -0.136. The second kappa shape index (κ2) is 17.6. The lowest BCUT2D eigenvalue weighted by Crippen LogP contribution is -1.99. The first-order valence-corrected chi connectivity index (χ1v) is 8.74. The fourth-order valence-electron chi connectivity index (χ4n) is 1.70. The molecule has 4 nitrogen and oxygen atoms in total. The molecule has 0 saturated carbocycles. The maximum atomic E-state index is 10.4. The number of carboxylic acid groups (broad SMARTS) is 1. The van der Waals surface area contributed by atoms with Gasteiger partial charge in [-0.05, 0) is 32.1 Å². The fraction of sp³-hybridized carbons (Fsp3) is 0.409. The highest BCUT2D eigenvalue weighted by atomic mass is 16.4. The Hall–Kier alpha value is -2.17. The molecule has 0 bridgehead atoms. The van der Waals surface area contributed by atoms with Crippen molar-refractivity contribution >= 4 is 5.97 Å². The fourth-order valence-corrected chi connectivity index (χ4v) is 1.70. The number of aliphatic carboxylic acids is 1. The summed E-state index contributed by atoms with van der Waals surface area (Å²) in [5.41, 5.74) is 0. The summed E-state index contributed by atoms with van der Waals surface area (Å²) in [6.07, 6.45) is 12.6. The summed E-state index contributed by atoms with van der Waals surface area (Å²) in [6, 6.07) is -0.616. The van der Waals surface area contributed by atoms with E-state index in [1.807, 2.05) is 19.1 Å². The Balaban J connectivity index is 4.72. The van der Waals surface area contributed by atoms with Crippen LogP contribution in [0.4, 0.5) is 0 Å². The molecule has 0 aromatic heterocycles. The highest BCUT2D eigenvalue weighted by Gasteiger charge is 1.95. The van der Waals surface area contributed by atoms with Crippen LogP contribution in [0.1, 0.15) is 50.9 Å². The number of hydrogen-bond donors (Lipinski definition) is 3. The van der Waals surface area contributed by atoms with E-state index in [-0.39, 0.29) is 43.5 Å². The van der Waals surface area contributed by atoms with E-state index in [0.29, 0.717) is 12.8 Å². The molecule has 0 amide bonds. The molecule has 0 spiro atoms. The predicted octanol–water partition coefficient (Wildman–Crippen LogP) is 4.49. The van der Waals surface area contributed by atoms with Crippen molar-refractivity contribution in [3.05, 3.63) is 72.8 Å². The van der Waals surface area contributed by atoms with Gasteiger partial charge in [0, 0.05) is 6.42 Å². The maximum Gasteiger partial charge on any atom is 0.303 e. The van der Waals surface area contributed by atoms with Crippen LogP contribution < -0.4 is 0 Å². The van der Waals surface area contributed by atoms with Crippen molar-refractivity contribution < 1.29 is 25.6 Å². The van der Waals surface area contributed by atoms with Crippen LogP contribution in [0.3, 0.4) is 0 Å². The lowest BCUT2D eigenvalue weighted by Gasteiger charge is -1.99. The van der Waals surface area contributed by atoms with Crippen molar-refractivity contribution in [1.29, 1.82) is 0 Å². The molecule has 3 N–H and O–H groups in total. The van der Waals surface area contributed by atoms with Gasteiger partial charge in [0.05, 0.1) is 17.7 Å². The quantitative estimate of drug-likeness (QED) is 0.313. The van der Waals surface area contributed by atoms with Gasteiger partial charge in [-0.3, -0.25) is 4.79 Å². The van der Waals surface area contributed by atoms with E-state index < -0.39 is 18.2 Å². The third kappa shape index (κ3) is 18.2. The molecular weight excluding hydrogens is 328 g/mol. The molecule has 0 saturated heterocycles. The summed E-state index contributed by atoms with van der Waals surface area (Å²) in [5, 5.41) is 28.1. The van der Waals surface area contributed by atoms with Crippen molar-refractivity contribution in [1.82, 2.24) is 0 Å². The zero-order valence-electron chi connectivity index (χ0n) is 19.3. The van der Waals surface area contributed by atoms with Gasteiger partial charge in [-0.15, -0.1) is 0 Å². The molecule has 26 heavy (non-hydrogen) atoms. The van der Waals surface area contributed by atoms with Gasteiger partial charge in [-0.25, -0.2) is 0 Å². The van der Waals surface area contributed by atoms with Gasteiger partial charge in [0.1, 0.15) is 0 Å². The number of hydrogen-bond acceptors (Lipinski definition) is 3. The van der Waals surface area contributed by atoms with E-state index in [4.69, 9.17) is 10.6 Å². The molecule has 4 heteroatoms. The van der Waals surface area contributed by atoms with Crippen molar-refractivity contribution in [2.24, 2.45) is 0 Å². The molecule has 2 atom stereocenters. The van der Waals surface area contributed by atoms with Crippen LogP contribution in [0.25, 0.3) is 0 Å². The van der Waals surface area contributed by atoms with Crippen molar-refractivity contribution in [2.75, 3.05) is 0 Å². The summed E-state index contributed by atoms with van der Waals surface area (Å²) in [5.74, 6) is -0.887. The molecular formula is C22H32O4. The number of rotatable bonds is 14. The molecule has 0 heterocycles. The monoisotopic (exact) mass is 364 g/mol. The minimum Gasteiger partial charge on any atom is -0.481 e. The van der Waals surface area contributed by atoms with Crippen LogP contribution in [0, 0.1) is 0 Å². The number of allylic oxidation sites excluding steroid dienone is 8. The van der Waals surface area contributed by atoms with Crippen molar-refractivity contribution in [2.45, 2.75) is 57.7 Å². The van der Waals surface area contributed by atoms with E-state index in [9.17, 15) is 15.0 Å². The molecule has 0 aromatic carbocycles. The normalized spacial score (nSPS) is 19.2. The topological polar surface area (TPSA) is 77.8 Å². The number of carbonyl (C=O) groups is 1. The second-order valence-electron chi connectivity index (χ2n) is 5.43. The van der Waals surface area contributed by atoms with Crippen LogP contribution in [0.5, 0.6) is 0 Å². The minimum atomic E-state index is -0.887. The van der Waals surface area contributed by atoms with Gasteiger partial charge in [0.15, 0.2) is 0 Å². The smallest absolute Gasteiger partial charge is 0.303 e. The predicted molar refractivity (Wildman–Crippen MR) is 108 cm³/mol. The summed E-state index contributed by atoms with van der Waals surface area (Å²) < 4.78 is 31.4. The van der Waals surface area contributed by atoms with Crippen LogP contribution in [0.2, 0.25) is 0 Å². The first-order chi connectivity index (χ1) is 14.2. The molecule has 0 unspecified atom stereocenters. The second-order valence-corrected chi connectivity index (χ2v) is 5.43. The summed E-state index contributed by atoms with van der Waals surface area (Å²) in [6.45, 7) is 1.99. The maximum absolute atomic E-state index is 10.4. The zero-order valence-corrected chi connectivity index (χ0v) is 15.3. The summed E-state index contributed by atoms with van der Waals surface area (Å²) >= 11 is 0. The Morgan fingerprint density at radius 1 is 0.962 bits per heavy atom. The van der Waals surface area contributed by atoms with Gasteiger partial charge in [0.2, 0.25) is 0 Å². The molecule has 0 aliphatic carbocycles. The zero-order chi connectivity index (χ0) is 22.9. The van der Waals surface area contributed by atoms with Gasteiger partial charge in [0.25, 0.3) is 0 Å². The van der Waals surface area contributed by atoms with E-state index >= 15 is 0 Å². The number of aliphatic hydroxyl groups excluding tert-OH is 2. The van der Waals surface area contributed by atoms with Gasteiger partial charge in [-0.2, -0.15) is 0 Å². The lowest BCUT2D eigenvalue weighted by atomic mass is 10.2. The van der Waals surface area contributed by atoms with Crippen LogP contribution in [0.15, 0.2) is 72.8 Å². The first-order valence-electron chi connectivity index (χ1n) is 10.7. The number of aliphatic hydroxyl groups is 2. The molecule has 0 aliphatic rings. The molecule has 0 radical (unpaired) electrons. The van der Waals surface area contributed by atoms with Crippen LogP contribution in [-0.2, 0) is 4.79 Å². The summed E-state index contributed by atoms with van der Waals surface area (Å²) in [7, 11) is 0. The Labute approximate surface area is 162 Å². The van der Waals surface area contributed by atoms with Gasteiger partial charge in [-0.1, -0.05) is 79.7 Å². The molecule has 0 aliphatic heterocycles. The third-order valence-electron chi connectivity index (χ3n) is 3.03. The van der Waals surface area contributed by atoms with E-state index in [1.54, 1.807) is 12.2 Å². The average molecular weight is 365 g/mol. The molecule has 0 fully saturated rings. The standard InChI is InChI=1S/C22H32O4/c1-2-3-10-15-20(23)16-11-7-5-4-6-8-12-17-21(24)18-13-9-14-19-22(25)26/h3,5-13,16-17,20-21,23-24H,2,4,14-15,18-19H2,1H3,(H,25,26)/b7-5-,8-6-,10-3-,13-9-,16-11+,17-12+/t20-,21+/m0/s1/i5D,6D,7D,8D. The highest BCUT2D eigenvalue weighted by molar-refractivity contribution is 5.66. The Bertz CT molecular complexity index is 706. The molecule has 144 valence electrons. The van der Waals surface area contributed by atoms with Crippen LogP contribution in [-0.4, -0.2) is 33.5 Å². The number of carboxylic acids is 1. The highest BCUT2D eigenvalue weighted by Crippen LogP contribution is 2.00. The Kier molecular flexibility index (Phi) is 11.7. The van der Waals surface area contributed by atoms with Gasteiger partial charge < -0.3 is 15.3 Å². The third-order valence-corrected chi connectivity index (χ3v) is 3.03. The van der Waals surface area contributed by atoms with Crippen molar-refractivity contribution in [3.63, 3.8) is 0 Å². The molecule has 0 aromatic rings. The Morgan fingerprint density at radius 3 is 2.00 bits per heavy atom. The van der Waals surface area contributed by atoms with Gasteiger partial charge >= 0.3 is 5.97 Å². The van der Waals surface area contributed by atoms with E-state index in [2.05, 4.69) is 0 Å².